The third-order valence-corrected chi connectivity index (χ3v) is 4.28. The van der Waals surface area contributed by atoms with Crippen LogP contribution in [-0.2, 0) is 9.84 Å². The molecule has 0 aliphatic heterocycles. The lowest BCUT2D eigenvalue weighted by atomic mass is 10.3. The highest BCUT2D eigenvalue weighted by molar-refractivity contribution is 7.91. The molecule has 0 atom stereocenters. The maximum Gasteiger partial charge on any atom is 0.346 e. The second-order valence-electron chi connectivity index (χ2n) is 4.65. The minimum Gasteiger partial charge on any atom is -0.312 e. The van der Waals surface area contributed by atoms with E-state index in [0.717, 1.165) is 11.0 Å². The second kappa shape index (κ2) is 6.52. The standard InChI is InChI=1S/C12H18N4O3S/c1-5-7-15(6-2)12(17)16-9-13-11(14-16)20(18,19)8-10(3)4/h1,9-10H,6-8H2,2-4H3. The molecule has 1 amide bonds. The van der Waals surface area contributed by atoms with E-state index in [1.165, 1.54) is 4.90 Å². The lowest BCUT2D eigenvalue weighted by Gasteiger charge is -2.16. The highest BCUT2D eigenvalue weighted by atomic mass is 32.2. The van der Waals surface area contributed by atoms with Crippen LogP contribution in [0.15, 0.2) is 11.5 Å². The molecular formula is C12H18N4O3S. The molecule has 0 saturated heterocycles. The highest BCUT2D eigenvalue weighted by Gasteiger charge is 2.23. The van der Waals surface area contributed by atoms with Crippen LogP contribution in [0.5, 0.6) is 0 Å². The quantitative estimate of drug-likeness (QED) is 0.744. The first kappa shape index (κ1) is 16.2. The number of carbonyl (C=O) groups excluding carboxylic acids is 1. The molecule has 0 aromatic carbocycles. The predicted octanol–water partition coefficient (Wildman–Crippen LogP) is 0.631. The Balaban J connectivity index is 2.98. The second-order valence-corrected chi connectivity index (χ2v) is 6.58. The van der Waals surface area contributed by atoms with Crippen LogP contribution in [0, 0.1) is 18.3 Å². The molecule has 1 aromatic rings. The number of aromatic nitrogens is 3. The van der Waals surface area contributed by atoms with Gasteiger partial charge in [-0.15, -0.1) is 11.5 Å². The first-order valence-corrected chi connectivity index (χ1v) is 7.84. The highest BCUT2D eigenvalue weighted by Crippen LogP contribution is 2.09. The summed E-state index contributed by atoms with van der Waals surface area (Å²) >= 11 is 0. The van der Waals surface area contributed by atoms with Crippen molar-refractivity contribution in [2.45, 2.75) is 25.9 Å². The molecule has 0 aliphatic carbocycles. The summed E-state index contributed by atoms with van der Waals surface area (Å²) in [5, 5.41) is 3.41. The number of rotatable bonds is 5. The Labute approximate surface area is 118 Å². The van der Waals surface area contributed by atoms with Crippen LogP contribution < -0.4 is 0 Å². The van der Waals surface area contributed by atoms with Crippen molar-refractivity contribution in [2.75, 3.05) is 18.8 Å². The molecular weight excluding hydrogens is 280 g/mol. The van der Waals surface area contributed by atoms with Gasteiger partial charge in [0.15, 0.2) is 0 Å². The molecule has 1 rings (SSSR count). The minimum absolute atomic E-state index is 0.0452. The van der Waals surface area contributed by atoms with Crippen LogP contribution in [0.1, 0.15) is 20.8 Å². The van der Waals surface area contributed by atoms with E-state index in [1.807, 2.05) is 0 Å². The van der Waals surface area contributed by atoms with E-state index in [1.54, 1.807) is 20.8 Å². The number of terminal acetylenes is 1. The Hall–Kier alpha value is -1.88. The van der Waals surface area contributed by atoms with Gasteiger partial charge < -0.3 is 4.90 Å². The van der Waals surface area contributed by atoms with E-state index >= 15 is 0 Å². The zero-order chi connectivity index (χ0) is 15.3. The molecule has 1 aromatic heterocycles. The van der Waals surface area contributed by atoms with Crippen molar-refractivity contribution in [1.29, 1.82) is 0 Å². The number of carbonyl (C=O) groups is 1. The summed E-state index contributed by atoms with van der Waals surface area (Å²) in [5.41, 5.74) is 0. The van der Waals surface area contributed by atoms with Crippen LogP contribution in [0.3, 0.4) is 0 Å². The van der Waals surface area contributed by atoms with E-state index in [-0.39, 0.29) is 23.4 Å². The van der Waals surface area contributed by atoms with Gasteiger partial charge in [0.1, 0.15) is 6.33 Å². The maximum absolute atomic E-state index is 12.0. The molecule has 20 heavy (non-hydrogen) atoms. The van der Waals surface area contributed by atoms with Crippen molar-refractivity contribution >= 4 is 15.9 Å². The number of sulfone groups is 1. The fraction of sp³-hybridized carbons (Fsp3) is 0.583. The van der Waals surface area contributed by atoms with Gasteiger partial charge in [-0.1, -0.05) is 19.8 Å². The van der Waals surface area contributed by atoms with Crippen molar-refractivity contribution in [1.82, 2.24) is 19.7 Å². The largest absolute Gasteiger partial charge is 0.346 e. The van der Waals surface area contributed by atoms with E-state index in [0.29, 0.717) is 6.54 Å². The van der Waals surface area contributed by atoms with Crippen LogP contribution in [0.2, 0.25) is 0 Å². The van der Waals surface area contributed by atoms with Crippen molar-refractivity contribution in [3.63, 3.8) is 0 Å². The molecule has 0 radical (unpaired) electrons. The van der Waals surface area contributed by atoms with Gasteiger partial charge in [-0.05, 0) is 12.8 Å². The summed E-state index contributed by atoms with van der Waals surface area (Å²) in [6.07, 6.45) is 6.26. The SMILES string of the molecule is C#CCN(CC)C(=O)n1cnc(S(=O)(=O)CC(C)C)n1. The zero-order valence-corrected chi connectivity index (χ0v) is 12.6. The van der Waals surface area contributed by atoms with Gasteiger partial charge in [0.2, 0.25) is 9.84 Å². The fourth-order valence-electron chi connectivity index (χ4n) is 1.57. The Morgan fingerprint density at radius 3 is 2.70 bits per heavy atom. The molecule has 1 heterocycles. The lowest BCUT2D eigenvalue weighted by molar-refractivity contribution is 0.204. The minimum atomic E-state index is -3.57. The molecule has 0 fully saturated rings. The van der Waals surface area contributed by atoms with Gasteiger partial charge in [0, 0.05) is 6.54 Å². The monoisotopic (exact) mass is 298 g/mol. The van der Waals surface area contributed by atoms with E-state index < -0.39 is 15.9 Å². The summed E-state index contributed by atoms with van der Waals surface area (Å²) in [7, 11) is -3.57. The first-order valence-electron chi connectivity index (χ1n) is 6.19. The predicted molar refractivity (Wildman–Crippen MR) is 73.8 cm³/mol. The van der Waals surface area contributed by atoms with Gasteiger partial charge in [-0.25, -0.2) is 18.2 Å². The van der Waals surface area contributed by atoms with Gasteiger partial charge in [0.25, 0.3) is 5.16 Å². The Kier molecular flexibility index (Phi) is 5.27. The third kappa shape index (κ3) is 3.81. The van der Waals surface area contributed by atoms with E-state index in [4.69, 9.17) is 6.42 Å². The Bertz CT molecular complexity index is 613. The lowest BCUT2D eigenvalue weighted by Crippen LogP contribution is -2.35. The van der Waals surface area contributed by atoms with Crippen molar-refractivity contribution in [3.8, 4) is 12.3 Å². The molecule has 7 nitrogen and oxygen atoms in total. The molecule has 0 aliphatic rings. The topological polar surface area (TPSA) is 85.2 Å². The maximum atomic E-state index is 12.0. The van der Waals surface area contributed by atoms with E-state index in [2.05, 4.69) is 16.0 Å². The molecule has 0 N–H and O–H groups in total. The van der Waals surface area contributed by atoms with Crippen LogP contribution >= 0.6 is 0 Å². The number of nitrogens with zero attached hydrogens (tertiary/aromatic N) is 4. The van der Waals surface area contributed by atoms with Gasteiger partial charge in [-0.2, -0.15) is 4.68 Å². The molecule has 0 bridgehead atoms. The molecule has 8 heteroatoms. The first-order chi connectivity index (χ1) is 9.31. The average Bonchev–Trinajstić information content (AvgIpc) is 2.83. The van der Waals surface area contributed by atoms with Crippen LogP contribution in [0.4, 0.5) is 4.79 Å². The molecule has 0 unspecified atom stereocenters. The van der Waals surface area contributed by atoms with Crippen molar-refractivity contribution in [3.05, 3.63) is 6.33 Å². The molecule has 0 spiro atoms. The smallest absolute Gasteiger partial charge is 0.312 e. The Morgan fingerprint density at radius 2 is 2.20 bits per heavy atom. The van der Waals surface area contributed by atoms with Crippen molar-refractivity contribution < 1.29 is 13.2 Å². The summed E-state index contributed by atoms with van der Waals surface area (Å²) in [6.45, 7) is 5.86. The molecule has 110 valence electrons. The van der Waals surface area contributed by atoms with Gasteiger partial charge >= 0.3 is 6.03 Å². The van der Waals surface area contributed by atoms with Crippen LogP contribution in [0.25, 0.3) is 0 Å². The number of hydrogen-bond donors (Lipinski definition) is 0. The summed E-state index contributed by atoms with van der Waals surface area (Å²) in [4.78, 5) is 17.1. The summed E-state index contributed by atoms with van der Waals surface area (Å²) in [6, 6.07) is -0.496. The molecule has 0 saturated carbocycles. The summed E-state index contributed by atoms with van der Waals surface area (Å²) in [5.74, 6) is 2.25. The third-order valence-electron chi connectivity index (χ3n) is 2.43. The van der Waals surface area contributed by atoms with Gasteiger partial charge in [-0.3, -0.25) is 0 Å². The Morgan fingerprint density at radius 1 is 1.55 bits per heavy atom. The van der Waals surface area contributed by atoms with E-state index in [9.17, 15) is 13.2 Å². The van der Waals surface area contributed by atoms with Gasteiger partial charge in [0.05, 0.1) is 12.3 Å². The van der Waals surface area contributed by atoms with Crippen molar-refractivity contribution in [2.24, 2.45) is 5.92 Å². The zero-order valence-electron chi connectivity index (χ0n) is 11.8. The normalized spacial score (nSPS) is 11.3. The number of amides is 1. The fourth-order valence-corrected chi connectivity index (χ4v) is 3.01. The van der Waals surface area contributed by atoms with Crippen LogP contribution in [-0.4, -0.2) is 53.0 Å². The number of hydrogen-bond acceptors (Lipinski definition) is 5. The summed E-state index contributed by atoms with van der Waals surface area (Å²) < 4.78 is 24.8. The average molecular weight is 298 g/mol.